The van der Waals surface area contributed by atoms with Crippen molar-refractivity contribution in [3.63, 3.8) is 0 Å². The molecule has 4 saturated carbocycles. The van der Waals surface area contributed by atoms with Gasteiger partial charge in [0.2, 0.25) is 0 Å². The smallest absolute Gasteiger partial charge is 0.119 e. The van der Waals surface area contributed by atoms with Crippen molar-refractivity contribution in [2.24, 2.45) is 34.5 Å². The molecule has 9 atom stereocenters. The maximum absolute atomic E-state index is 11.6. The van der Waals surface area contributed by atoms with Crippen molar-refractivity contribution in [1.29, 1.82) is 0 Å². The molecule has 0 radical (unpaired) electrons. The van der Waals surface area contributed by atoms with Gasteiger partial charge >= 0.3 is 0 Å². The monoisotopic (exact) mass is 576 g/mol. The maximum atomic E-state index is 11.6. The van der Waals surface area contributed by atoms with Gasteiger partial charge in [0.1, 0.15) is 11.5 Å². The molecule has 4 aliphatic carbocycles. The lowest BCUT2D eigenvalue weighted by Crippen LogP contribution is -2.55. The summed E-state index contributed by atoms with van der Waals surface area (Å²) in [5.74, 6) is 5.48. The molecule has 230 valence electrons. The molecule has 2 aromatic carbocycles. The average molecular weight is 577 g/mol. The predicted octanol–water partition coefficient (Wildman–Crippen LogP) is 7.09. The highest BCUT2D eigenvalue weighted by Crippen LogP contribution is 2.69. The van der Waals surface area contributed by atoms with Crippen LogP contribution in [0, 0.1) is 34.5 Å². The number of hydrogen-bond acceptors (Lipinski definition) is 5. The van der Waals surface area contributed by atoms with Crippen LogP contribution in [0.1, 0.15) is 101 Å². The van der Waals surface area contributed by atoms with E-state index in [4.69, 9.17) is 19.7 Å². The van der Waals surface area contributed by atoms with Crippen LogP contribution < -0.4 is 9.47 Å². The van der Waals surface area contributed by atoms with Crippen LogP contribution in [0.3, 0.4) is 0 Å². The van der Waals surface area contributed by atoms with Gasteiger partial charge in [0.05, 0.1) is 19.3 Å². The molecular formula is C37H52O5. The second kappa shape index (κ2) is 12.5. The van der Waals surface area contributed by atoms with Gasteiger partial charge in [-0.15, -0.1) is 0 Å². The summed E-state index contributed by atoms with van der Waals surface area (Å²) in [7, 11) is 0. The zero-order valence-corrected chi connectivity index (χ0v) is 25.7. The summed E-state index contributed by atoms with van der Waals surface area (Å²) >= 11 is 0. The van der Waals surface area contributed by atoms with Gasteiger partial charge in [-0.1, -0.05) is 38.1 Å². The Morgan fingerprint density at radius 1 is 0.714 bits per heavy atom. The molecule has 0 spiro atoms. The Kier molecular flexibility index (Phi) is 8.92. The largest absolute Gasteiger partial charge is 0.494 e. The Labute approximate surface area is 252 Å². The fourth-order valence-corrected chi connectivity index (χ4v) is 10.3. The standard InChI is InChI=1S/C37H52O5/c1-36-18-17-34-30(33(36)16-15-32(36)26-7-12-29(13-8-26)42-22-4-20-39)14-9-27-23-31(35(40)24-37(27,34)2)25-5-10-28(11-6-25)41-21-3-19-38/h5-8,10-13,27,30-35,38-40H,3-4,9,14-24H2,1-2H3/t27?,30-,31?,32?,33-,34+,35?,36+,37-/m0/s1. The molecule has 0 aliphatic heterocycles. The van der Waals surface area contributed by atoms with Gasteiger partial charge in [0.15, 0.2) is 0 Å². The van der Waals surface area contributed by atoms with Gasteiger partial charge in [-0.05, 0) is 127 Å². The van der Waals surface area contributed by atoms with E-state index >= 15 is 0 Å². The molecule has 0 bridgehead atoms. The highest BCUT2D eigenvalue weighted by atomic mass is 16.5. The number of aliphatic hydroxyl groups is 3. The zero-order valence-electron chi connectivity index (χ0n) is 25.7. The summed E-state index contributed by atoms with van der Waals surface area (Å²) in [4.78, 5) is 0. The summed E-state index contributed by atoms with van der Waals surface area (Å²) in [6, 6.07) is 17.2. The van der Waals surface area contributed by atoms with Crippen molar-refractivity contribution in [2.45, 2.75) is 96.0 Å². The predicted molar refractivity (Wildman–Crippen MR) is 166 cm³/mol. The molecule has 0 heterocycles. The van der Waals surface area contributed by atoms with Gasteiger partial charge in [-0.25, -0.2) is 0 Å². The van der Waals surface area contributed by atoms with Crippen LogP contribution >= 0.6 is 0 Å². The molecule has 42 heavy (non-hydrogen) atoms. The van der Waals surface area contributed by atoms with E-state index in [0.29, 0.717) is 49.2 Å². The Hall–Kier alpha value is -2.08. The first kappa shape index (κ1) is 30.0. The third kappa shape index (κ3) is 5.50. The lowest BCUT2D eigenvalue weighted by Gasteiger charge is -2.62. The molecule has 4 unspecified atom stereocenters. The van der Waals surface area contributed by atoms with Crippen LogP contribution in [-0.2, 0) is 0 Å². The number of benzene rings is 2. The molecule has 4 fully saturated rings. The lowest BCUT2D eigenvalue weighted by atomic mass is 9.43. The number of hydrogen-bond donors (Lipinski definition) is 3. The topological polar surface area (TPSA) is 79.2 Å². The van der Waals surface area contributed by atoms with Gasteiger partial charge in [0, 0.05) is 32.0 Å². The molecule has 0 amide bonds. The second-order valence-electron chi connectivity index (χ2n) is 14.4. The fourth-order valence-electron chi connectivity index (χ4n) is 10.3. The first-order chi connectivity index (χ1) is 20.4. The van der Waals surface area contributed by atoms with Crippen LogP contribution in [0.2, 0.25) is 0 Å². The first-order valence-corrected chi connectivity index (χ1v) is 16.7. The number of rotatable bonds is 10. The SMILES string of the molecule is C[C@]12CC(O)C(c3ccc(OCCCO)cc3)CC1CC[C@@H]1[C@H]2CC[C@]2(C)C(c3ccc(OCCCO)cc3)CC[C@@H]12. The van der Waals surface area contributed by atoms with Crippen molar-refractivity contribution < 1.29 is 24.8 Å². The van der Waals surface area contributed by atoms with Crippen molar-refractivity contribution in [1.82, 2.24) is 0 Å². The highest BCUT2D eigenvalue weighted by molar-refractivity contribution is 5.33. The quantitative estimate of drug-likeness (QED) is 0.263. The normalized spacial score (nSPS) is 37.4. The van der Waals surface area contributed by atoms with Crippen LogP contribution in [0.15, 0.2) is 48.5 Å². The summed E-state index contributed by atoms with van der Waals surface area (Å²) in [6.07, 6.45) is 10.8. The Morgan fingerprint density at radius 3 is 1.93 bits per heavy atom. The molecule has 0 saturated heterocycles. The van der Waals surface area contributed by atoms with Crippen LogP contribution in [0.5, 0.6) is 11.5 Å². The van der Waals surface area contributed by atoms with Crippen molar-refractivity contribution >= 4 is 0 Å². The zero-order chi connectivity index (χ0) is 29.3. The summed E-state index contributed by atoms with van der Waals surface area (Å²) < 4.78 is 11.5. The van der Waals surface area contributed by atoms with Crippen LogP contribution in [0.4, 0.5) is 0 Å². The van der Waals surface area contributed by atoms with Crippen LogP contribution in [-0.4, -0.2) is 47.9 Å². The Balaban J connectivity index is 1.13. The number of fused-ring (bicyclic) bond motifs is 5. The van der Waals surface area contributed by atoms with E-state index in [2.05, 4.69) is 50.2 Å². The van der Waals surface area contributed by atoms with Crippen molar-refractivity contribution in [3.05, 3.63) is 59.7 Å². The van der Waals surface area contributed by atoms with Crippen LogP contribution in [0.25, 0.3) is 0 Å². The molecule has 3 N–H and O–H groups in total. The van der Waals surface area contributed by atoms with Crippen molar-refractivity contribution in [2.75, 3.05) is 26.4 Å². The van der Waals surface area contributed by atoms with E-state index in [-0.39, 0.29) is 30.7 Å². The molecule has 0 aromatic heterocycles. The third-order valence-electron chi connectivity index (χ3n) is 12.5. The molecule has 5 nitrogen and oxygen atoms in total. The third-order valence-corrected chi connectivity index (χ3v) is 12.5. The first-order valence-electron chi connectivity index (χ1n) is 16.7. The van der Waals surface area contributed by atoms with E-state index in [0.717, 1.165) is 36.2 Å². The van der Waals surface area contributed by atoms with Gasteiger partial charge < -0.3 is 24.8 Å². The number of ether oxygens (including phenoxy) is 2. The molecular weight excluding hydrogens is 524 g/mol. The summed E-state index contributed by atoms with van der Waals surface area (Å²) in [5.41, 5.74) is 3.27. The van der Waals surface area contributed by atoms with E-state index in [9.17, 15) is 5.11 Å². The minimum Gasteiger partial charge on any atom is -0.494 e. The average Bonchev–Trinajstić information content (AvgIpc) is 3.35. The minimum absolute atomic E-state index is 0.145. The lowest BCUT2D eigenvalue weighted by molar-refractivity contribution is -0.132. The molecule has 4 aliphatic rings. The van der Waals surface area contributed by atoms with E-state index in [1.807, 2.05) is 12.1 Å². The maximum Gasteiger partial charge on any atom is 0.119 e. The van der Waals surface area contributed by atoms with Crippen molar-refractivity contribution in [3.8, 4) is 11.5 Å². The molecule has 2 aromatic rings. The Morgan fingerprint density at radius 2 is 1.31 bits per heavy atom. The van der Waals surface area contributed by atoms with Gasteiger partial charge in [-0.2, -0.15) is 0 Å². The summed E-state index contributed by atoms with van der Waals surface area (Å²) in [6.45, 7) is 6.53. The second-order valence-corrected chi connectivity index (χ2v) is 14.4. The number of aliphatic hydroxyl groups excluding tert-OH is 3. The van der Waals surface area contributed by atoms with E-state index in [1.54, 1.807) is 0 Å². The molecule has 5 heteroatoms. The minimum atomic E-state index is -0.297. The fraction of sp³-hybridized carbons (Fsp3) is 0.676. The highest BCUT2D eigenvalue weighted by Gasteiger charge is 2.61. The van der Waals surface area contributed by atoms with Gasteiger partial charge in [0.25, 0.3) is 0 Å². The van der Waals surface area contributed by atoms with Gasteiger partial charge in [-0.3, -0.25) is 0 Å². The summed E-state index contributed by atoms with van der Waals surface area (Å²) in [5, 5.41) is 29.6. The van der Waals surface area contributed by atoms with E-state index in [1.165, 1.54) is 49.7 Å². The Bertz CT molecular complexity index is 1160. The van der Waals surface area contributed by atoms with E-state index < -0.39 is 0 Å². The molecule has 6 rings (SSSR count).